The maximum atomic E-state index is 13.5. The largest absolute Gasteiger partial charge is 0.378 e. The maximum absolute atomic E-state index is 13.5. The normalized spacial score (nSPS) is 12.2. The van der Waals surface area contributed by atoms with Crippen LogP contribution < -0.4 is 5.32 Å². The molecule has 0 aromatic heterocycles. The summed E-state index contributed by atoms with van der Waals surface area (Å²) in [5.41, 5.74) is 2.58. The third-order valence-electron chi connectivity index (χ3n) is 3.26. The van der Waals surface area contributed by atoms with Gasteiger partial charge < -0.3 is 5.32 Å². The second kappa shape index (κ2) is 6.07. The number of rotatable bonds is 4. The Morgan fingerprint density at radius 2 is 1.95 bits per heavy atom. The molecule has 2 rings (SSSR count). The topological polar surface area (TPSA) is 12.0 Å². The number of nitrogens with one attached hydrogen (secondary N) is 1. The zero-order chi connectivity index (χ0) is 13.8. The molecule has 0 amide bonds. The van der Waals surface area contributed by atoms with Gasteiger partial charge in [0.05, 0.1) is 6.04 Å². The summed E-state index contributed by atoms with van der Waals surface area (Å²) in [7, 11) is 0. The minimum atomic E-state index is -0.189. The first-order chi connectivity index (χ1) is 9.11. The Bertz CT molecular complexity index is 568. The highest BCUT2D eigenvalue weighted by molar-refractivity contribution is 6.30. The van der Waals surface area contributed by atoms with Crippen molar-refractivity contribution in [3.8, 4) is 0 Å². The zero-order valence-electron chi connectivity index (χ0n) is 11.1. The zero-order valence-corrected chi connectivity index (χ0v) is 11.8. The van der Waals surface area contributed by atoms with Gasteiger partial charge in [0.2, 0.25) is 0 Å². The molecule has 0 bridgehead atoms. The van der Waals surface area contributed by atoms with Crippen LogP contribution in [0, 0.1) is 12.7 Å². The van der Waals surface area contributed by atoms with Gasteiger partial charge >= 0.3 is 0 Å². The van der Waals surface area contributed by atoms with Gasteiger partial charge in [-0.3, -0.25) is 0 Å². The van der Waals surface area contributed by atoms with E-state index in [-0.39, 0.29) is 11.9 Å². The Hall–Kier alpha value is -1.54. The summed E-state index contributed by atoms with van der Waals surface area (Å²) in [4.78, 5) is 0. The summed E-state index contributed by atoms with van der Waals surface area (Å²) in [6.07, 6.45) is 0.899. The Morgan fingerprint density at radius 1 is 1.21 bits per heavy atom. The lowest BCUT2D eigenvalue weighted by atomic mass is 10.0. The van der Waals surface area contributed by atoms with E-state index in [1.807, 2.05) is 30.3 Å². The fourth-order valence-corrected chi connectivity index (χ4v) is 2.29. The summed E-state index contributed by atoms with van der Waals surface area (Å²) >= 11 is 6.02. The smallest absolute Gasteiger partial charge is 0.128 e. The summed E-state index contributed by atoms with van der Waals surface area (Å²) in [5, 5.41) is 4.10. The molecule has 1 unspecified atom stereocenters. The van der Waals surface area contributed by atoms with Gasteiger partial charge in [0.1, 0.15) is 5.82 Å². The van der Waals surface area contributed by atoms with Gasteiger partial charge in [-0.05, 0) is 43.2 Å². The van der Waals surface area contributed by atoms with Crippen molar-refractivity contribution in [3.63, 3.8) is 0 Å². The van der Waals surface area contributed by atoms with Crippen molar-refractivity contribution >= 4 is 17.3 Å². The first kappa shape index (κ1) is 13.9. The van der Waals surface area contributed by atoms with Gasteiger partial charge in [0.25, 0.3) is 0 Å². The van der Waals surface area contributed by atoms with Crippen molar-refractivity contribution in [1.82, 2.24) is 0 Å². The predicted octanol–water partition coefficient (Wildman–Crippen LogP) is 5.35. The predicted molar refractivity (Wildman–Crippen MR) is 79.2 cm³/mol. The number of halogens is 2. The quantitative estimate of drug-likeness (QED) is 0.794. The van der Waals surface area contributed by atoms with Crippen LogP contribution >= 0.6 is 11.6 Å². The molecule has 100 valence electrons. The summed E-state index contributed by atoms with van der Waals surface area (Å²) in [6, 6.07) is 13.0. The van der Waals surface area contributed by atoms with Crippen molar-refractivity contribution in [2.75, 3.05) is 5.32 Å². The lowest BCUT2D eigenvalue weighted by Crippen LogP contribution is -2.11. The first-order valence-electron chi connectivity index (χ1n) is 6.39. The van der Waals surface area contributed by atoms with E-state index in [9.17, 15) is 4.39 Å². The molecular weight excluding hydrogens is 261 g/mol. The Morgan fingerprint density at radius 3 is 2.63 bits per heavy atom. The van der Waals surface area contributed by atoms with Crippen LogP contribution in [0.3, 0.4) is 0 Å². The van der Waals surface area contributed by atoms with Crippen LogP contribution in [0.4, 0.5) is 10.1 Å². The molecule has 0 fully saturated rings. The van der Waals surface area contributed by atoms with Crippen molar-refractivity contribution in [2.24, 2.45) is 0 Å². The molecule has 0 saturated heterocycles. The lowest BCUT2D eigenvalue weighted by Gasteiger charge is -2.20. The van der Waals surface area contributed by atoms with E-state index in [1.165, 1.54) is 6.07 Å². The molecule has 2 aromatic rings. The fourth-order valence-electron chi connectivity index (χ4n) is 2.10. The standard InChI is InChI=1S/C16H17ClFN/c1-3-15(12-6-4-7-13(17)10-12)19-16-9-5-8-14(18)11(16)2/h4-10,15,19H,3H2,1-2H3. The van der Waals surface area contributed by atoms with Crippen LogP contribution in [0.1, 0.15) is 30.5 Å². The third-order valence-corrected chi connectivity index (χ3v) is 3.49. The molecule has 1 N–H and O–H groups in total. The highest BCUT2D eigenvalue weighted by atomic mass is 35.5. The third kappa shape index (κ3) is 3.27. The van der Waals surface area contributed by atoms with Crippen molar-refractivity contribution in [1.29, 1.82) is 0 Å². The number of hydrogen-bond donors (Lipinski definition) is 1. The van der Waals surface area contributed by atoms with Crippen LogP contribution in [0.5, 0.6) is 0 Å². The average molecular weight is 278 g/mol. The van der Waals surface area contributed by atoms with Gasteiger partial charge in [-0.25, -0.2) is 4.39 Å². The highest BCUT2D eigenvalue weighted by Crippen LogP contribution is 2.27. The first-order valence-corrected chi connectivity index (χ1v) is 6.76. The van der Waals surface area contributed by atoms with Gasteiger partial charge in [0, 0.05) is 16.3 Å². The Labute approximate surface area is 118 Å². The lowest BCUT2D eigenvalue weighted by molar-refractivity contribution is 0.618. The summed E-state index contributed by atoms with van der Waals surface area (Å²) in [6.45, 7) is 3.87. The average Bonchev–Trinajstić information content (AvgIpc) is 2.40. The molecule has 1 atom stereocenters. The number of benzene rings is 2. The molecule has 0 heterocycles. The van der Waals surface area contributed by atoms with Crippen LogP contribution in [-0.4, -0.2) is 0 Å². The van der Waals surface area contributed by atoms with Crippen LogP contribution in [0.2, 0.25) is 5.02 Å². The van der Waals surface area contributed by atoms with E-state index < -0.39 is 0 Å². The Kier molecular flexibility index (Phi) is 4.43. The van der Waals surface area contributed by atoms with E-state index >= 15 is 0 Å². The molecule has 19 heavy (non-hydrogen) atoms. The molecule has 0 radical (unpaired) electrons. The minimum Gasteiger partial charge on any atom is -0.378 e. The molecule has 0 aliphatic rings. The summed E-state index contributed by atoms with van der Waals surface area (Å²) in [5.74, 6) is -0.189. The van der Waals surface area contributed by atoms with Crippen molar-refractivity contribution in [3.05, 3.63) is 64.4 Å². The molecule has 1 nitrogen and oxygen atoms in total. The molecular formula is C16H17ClFN. The number of hydrogen-bond acceptors (Lipinski definition) is 1. The molecule has 0 spiro atoms. The molecule has 2 aromatic carbocycles. The van der Waals surface area contributed by atoms with Gasteiger partial charge in [0.15, 0.2) is 0 Å². The SMILES string of the molecule is CCC(Nc1cccc(F)c1C)c1cccc(Cl)c1. The molecule has 0 saturated carbocycles. The van der Waals surface area contributed by atoms with Crippen LogP contribution in [0.25, 0.3) is 0 Å². The highest BCUT2D eigenvalue weighted by Gasteiger charge is 2.11. The van der Waals surface area contributed by atoms with Crippen molar-refractivity contribution < 1.29 is 4.39 Å². The van der Waals surface area contributed by atoms with Gasteiger partial charge in [-0.1, -0.05) is 36.7 Å². The van der Waals surface area contributed by atoms with E-state index in [0.29, 0.717) is 10.6 Å². The molecule has 0 aliphatic heterocycles. The maximum Gasteiger partial charge on any atom is 0.128 e. The second-order valence-corrected chi connectivity index (χ2v) is 5.01. The van der Waals surface area contributed by atoms with E-state index in [2.05, 4.69) is 12.2 Å². The van der Waals surface area contributed by atoms with Crippen LogP contribution in [0.15, 0.2) is 42.5 Å². The summed E-state index contributed by atoms with van der Waals surface area (Å²) < 4.78 is 13.5. The van der Waals surface area contributed by atoms with Crippen molar-refractivity contribution in [2.45, 2.75) is 26.3 Å². The second-order valence-electron chi connectivity index (χ2n) is 4.57. The van der Waals surface area contributed by atoms with Gasteiger partial charge in [-0.2, -0.15) is 0 Å². The van der Waals surface area contributed by atoms with Gasteiger partial charge in [-0.15, -0.1) is 0 Å². The fraction of sp³-hybridized carbons (Fsp3) is 0.250. The van der Waals surface area contributed by atoms with E-state index in [0.717, 1.165) is 17.7 Å². The molecule has 0 aliphatic carbocycles. The van der Waals surface area contributed by atoms with Crippen LogP contribution in [-0.2, 0) is 0 Å². The number of anilines is 1. The monoisotopic (exact) mass is 277 g/mol. The Balaban J connectivity index is 2.26. The van der Waals surface area contributed by atoms with E-state index in [4.69, 9.17) is 11.6 Å². The van der Waals surface area contributed by atoms with E-state index in [1.54, 1.807) is 13.0 Å². The minimum absolute atomic E-state index is 0.124. The molecule has 3 heteroatoms.